The van der Waals surface area contributed by atoms with E-state index in [2.05, 4.69) is 15.1 Å². The molecule has 3 aromatic heterocycles. The highest BCUT2D eigenvalue weighted by atomic mass is 35.5. The van der Waals surface area contributed by atoms with Crippen molar-refractivity contribution in [3.05, 3.63) is 50.9 Å². The first-order valence-electron chi connectivity index (χ1n) is 8.73. The van der Waals surface area contributed by atoms with Crippen LogP contribution in [0.4, 0.5) is 26.3 Å². The number of rotatable bonds is 3. The van der Waals surface area contributed by atoms with Crippen LogP contribution in [0.3, 0.4) is 0 Å². The van der Waals surface area contributed by atoms with Crippen LogP contribution in [-0.2, 0) is 18.8 Å². The van der Waals surface area contributed by atoms with Crippen LogP contribution in [0.2, 0.25) is 5.02 Å². The summed E-state index contributed by atoms with van der Waals surface area (Å²) in [6.45, 7) is 0. The van der Waals surface area contributed by atoms with Crippen molar-refractivity contribution in [2.24, 2.45) is 7.05 Å². The van der Waals surface area contributed by atoms with E-state index in [9.17, 15) is 36.2 Å². The summed E-state index contributed by atoms with van der Waals surface area (Å²) in [7, 11) is 1.05. The highest BCUT2D eigenvalue weighted by molar-refractivity contribution is 6.31. The Bertz CT molecular complexity index is 1250. The van der Waals surface area contributed by atoms with Crippen LogP contribution in [0.1, 0.15) is 35.8 Å². The van der Waals surface area contributed by atoms with Crippen molar-refractivity contribution >= 4 is 22.6 Å². The molecule has 0 bridgehead atoms. The number of aromatic nitrogens is 5. The smallest absolute Gasteiger partial charge is 0.371 e. The summed E-state index contributed by atoms with van der Waals surface area (Å²) in [4.78, 5) is 19.5. The molecule has 31 heavy (non-hydrogen) atoms. The van der Waals surface area contributed by atoms with E-state index in [1.165, 1.54) is 4.57 Å². The van der Waals surface area contributed by atoms with Gasteiger partial charge in [-0.1, -0.05) is 11.6 Å². The van der Waals surface area contributed by atoms with Crippen LogP contribution in [0, 0.1) is 0 Å². The van der Waals surface area contributed by atoms with Gasteiger partial charge in [-0.2, -0.15) is 31.4 Å². The molecule has 1 atom stereocenters. The van der Waals surface area contributed by atoms with Gasteiger partial charge in [0.15, 0.2) is 11.2 Å². The minimum Gasteiger partial charge on any atom is -0.371 e. The second-order valence-corrected chi connectivity index (χ2v) is 7.53. The third-order valence-corrected chi connectivity index (χ3v) is 5.28. The molecule has 7 nitrogen and oxygen atoms in total. The Labute approximate surface area is 173 Å². The first-order valence-corrected chi connectivity index (χ1v) is 9.11. The summed E-state index contributed by atoms with van der Waals surface area (Å²) >= 11 is 5.53. The number of aryl methyl sites for hydroxylation is 1. The normalized spacial score (nSPS) is 17.2. The molecule has 1 unspecified atom stereocenters. The van der Waals surface area contributed by atoms with Crippen molar-refractivity contribution < 1.29 is 31.4 Å². The molecule has 0 spiro atoms. The first-order chi connectivity index (χ1) is 14.3. The molecular formula is C17H12ClF6N5O2. The third kappa shape index (κ3) is 3.26. The van der Waals surface area contributed by atoms with Crippen LogP contribution < -0.4 is 5.56 Å². The van der Waals surface area contributed by atoms with E-state index in [1.807, 2.05) is 0 Å². The average molecular weight is 468 g/mol. The molecule has 0 aliphatic heterocycles. The largest absolute Gasteiger partial charge is 0.434 e. The lowest BCUT2D eigenvalue weighted by Gasteiger charge is -2.31. The van der Waals surface area contributed by atoms with E-state index >= 15 is 0 Å². The zero-order chi connectivity index (χ0) is 22.9. The van der Waals surface area contributed by atoms with Crippen LogP contribution in [0.15, 0.2) is 23.4 Å². The van der Waals surface area contributed by atoms with Gasteiger partial charge in [0.1, 0.15) is 11.2 Å². The quantitative estimate of drug-likeness (QED) is 0.597. The van der Waals surface area contributed by atoms with Crippen LogP contribution in [0.5, 0.6) is 0 Å². The summed E-state index contributed by atoms with van der Waals surface area (Å²) in [5, 5.41) is 13.5. The van der Waals surface area contributed by atoms with E-state index in [0.717, 1.165) is 13.4 Å². The SMILES string of the molecule is Cn1nc2c(=O)n(C3CC3)cnc2c1C(O)(c1cnc(C(F)(F)F)c(Cl)c1)C(F)(F)F. The second-order valence-electron chi connectivity index (χ2n) is 7.12. The van der Waals surface area contributed by atoms with Crippen molar-refractivity contribution in [3.8, 4) is 0 Å². The molecule has 1 saturated carbocycles. The average Bonchev–Trinajstić information content (AvgIpc) is 3.41. The highest BCUT2D eigenvalue weighted by Crippen LogP contribution is 2.47. The second kappa shape index (κ2) is 6.66. The lowest BCUT2D eigenvalue weighted by atomic mass is 9.89. The van der Waals surface area contributed by atoms with E-state index in [1.54, 1.807) is 0 Å². The predicted octanol–water partition coefficient (Wildman–Crippen LogP) is 3.33. The number of halogens is 7. The van der Waals surface area contributed by atoms with Gasteiger partial charge in [-0.3, -0.25) is 14.0 Å². The van der Waals surface area contributed by atoms with Crippen molar-refractivity contribution in [1.82, 2.24) is 24.3 Å². The van der Waals surface area contributed by atoms with Gasteiger partial charge in [-0.05, 0) is 18.9 Å². The number of alkyl halides is 6. The maximum absolute atomic E-state index is 14.2. The summed E-state index contributed by atoms with van der Waals surface area (Å²) in [6, 6.07) is 0.198. The topological polar surface area (TPSA) is 85.8 Å². The van der Waals surface area contributed by atoms with Crippen molar-refractivity contribution in [1.29, 1.82) is 0 Å². The molecule has 0 radical (unpaired) electrons. The Morgan fingerprint density at radius 1 is 1.13 bits per heavy atom. The minimum atomic E-state index is -5.45. The summed E-state index contributed by atoms with van der Waals surface area (Å²) in [5.41, 5.74) is -9.20. The van der Waals surface area contributed by atoms with Gasteiger partial charge in [-0.15, -0.1) is 0 Å². The van der Waals surface area contributed by atoms with E-state index < -0.39 is 56.5 Å². The van der Waals surface area contributed by atoms with Gasteiger partial charge >= 0.3 is 12.4 Å². The molecule has 14 heteroatoms. The van der Waals surface area contributed by atoms with Crippen LogP contribution in [-0.4, -0.2) is 35.6 Å². The molecule has 0 aromatic carbocycles. The van der Waals surface area contributed by atoms with E-state index in [4.69, 9.17) is 11.6 Å². The molecule has 0 saturated heterocycles. The number of aliphatic hydroxyl groups is 1. The van der Waals surface area contributed by atoms with Gasteiger partial charge in [0, 0.05) is 24.8 Å². The molecule has 1 N–H and O–H groups in total. The molecule has 166 valence electrons. The van der Waals surface area contributed by atoms with Gasteiger partial charge < -0.3 is 5.11 Å². The maximum Gasteiger partial charge on any atom is 0.434 e. The number of hydrogen-bond donors (Lipinski definition) is 1. The number of nitrogens with zero attached hydrogens (tertiary/aromatic N) is 5. The maximum atomic E-state index is 14.2. The fourth-order valence-electron chi connectivity index (χ4n) is 3.37. The van der Waals surface area contributed by atoms with Crippen molar-refractivity contribution in [2.75, 3.05) is 0 Å². The Balaban J connectivity index is 1.99. The highest BCUT2D eigenvalue weighted by Gasteiger charge is 2.60. The summed E-state index contributed by atoms with van der Waals surface area (Å²) in [5.74, 6) is 0. The van der Waals surface area contributed by atoms with Gasteiger partial charge in [0.2, 0.25) is 5.60 Å². The predicted molar refractivity (Wildman–Crippen MR) is 94.3 cm³/mol. The molecule has 0 amide bonds. The van der Waals surface area contributed by atoms with E-state index in [0.29, 0.717) is 23.6 Å². The number of hydrogen-bond acceptors (Lipinski definition) is 5. The molecular weight excluding hydrogens is 456 g/mol. The summed E-state index contributed by atoms with van der Waals surface area (Å²) < 4.78 is 83.1. The Morgan fingerprint density at radius 3 is 2.29 bits per heavy atom. The Kier molecular flexibility index (Phi) is 4.63. The number of fused-ring (bicyclic) bond motifs is 1. The monoisotopic (exact) mass is 467 g/mol. The summed E-state index contributed by atoms with van der Waals surface area (Å²) in [6.07, 6.45) is -7.77. The third-order valence-electron chi connectivity index (χ3n) is 4.99. The molecule has 3 heterocycles. The van der Waals surface area contributed by atoms with E-state index in [-0.39, 0.29) is 12.2 Å². The van der Waals surface area contributed by atoms with Crippen LogP contribution >= 0.6 is 11.6 Å². The Morgan fingerprint density at radius 2 is 1.77 bits per heavy atom. The lowest BCUT2D eigenvalue weighted by molar-refractivity contribution is -0.250. The fraction of sp³-hybridized carbons (Fsp3) is 0.412. The molecule has 3 aromatic rings. The zero-order valence-electron chi connectivity index (χ0n) is 15.5. The molecule has 1 aliphatic rings. The standard InChI is InChI=1S/C17H12ClF6N5O2/c1-28-13(10-11(27-28)14(30)29(6-26-10)8-2-3-8)15(31,17(22,23)24)7-4-9(18)12(25-5-7)16(19,20)21/h4-6,8,31H,2-3H2,1H3. The van der Waals surface area contributed by atoms with Crippen LogP contribution in [0.25, 0.3) is 11.0 Å². The van der Waals surface area contributed by atoms with Gasteiger partial charge in [-0.25, -0.2) is 9.97 Å². The van der Waals surface area contributed by atoms with Gasteiger partial charge in [0.25, 0.3) is 5.56 Å². The molecule has 4 rings (SSSR count). The first kappa shape index (κ1) is 21.6. The van der Waals surface area contributed by atoms with Crippen molar-refractivity contribution in [2.45, 2.75) is 36.8 Å². The molecule has 1 fully saturated rings. The molecule has 1 aliphatic carbocycles. The van der Waals surface area contributed by atoms with Crippen molar-refractivity contribution in [3.63, 3.8) is 0 Å². The lowest BCUT2D eigenvalue weighted by Crippen LogP contribution is -2.45. The zero-order valence-corrected chi connectivity index (χ0v) is 16.2. The van der Waals surface area contributed by atoms with Gasteiger partial charge in [0.05, 0.1) is 11.3 Å². The fourth-order valence-corrected chi connectivity index (χ4v) is 3.64. The minimum absolute atomic E-state index is 0.130. The Hall–Kier alpha value is -2.67. The number of pyridine rings is 1.